The molecule has 1 fully saturated rings. The smallest absolute Gasteiger partial charge is 0.131 e. The van der Waals surface area contributed by atoms with Crippen molar-refractivity contribution in [3.8, 4) is 0 Å². The third-order valence-electron chi connectivity index (χ3n) is 3.97. The van der Waals surface area contributed by atoms with Crippen molar-refractivity contribution >= 4 is 5.69 Å². The minimum Gasteiger partial charge on any atom is -0.370 e. The normalized spacial score (nSPS) is 18.5. The molecule has 0 bridgehead atoms. The zero-order valence-electron chi connectivity index (χ0n) is 13.9. The number of hydrogen-bond donors (Lipinski definition) is 0. The van der Waals surface area contributed by atoms with Crippen molar-refractivity contribution in [2.45, 2.75) is 46.1 Å². The van der Waals surface area contributed by atoms with Crippen LogP contribution in [-0.2, 0) is 6.42 Å². The van der Waals surface area contributed by atoms with Crippen LogP contribution >= 0.6 is 0 Å². The number of halogens is 2. The number of piperidine rings is 1. The van der Waals surface area contributed by atoms with Crippen LogP contribution in [0.4, 0.5) is 14.5 Å². The average molecular weight is 298 g/mol. The highest BCUT2D eigenvalue weighted by Crippen LogP contribution is 2.26. The number of anilines is 1. The number of likely N-dealkylation sites (N-methyl/N-ethyl adjacent to an activating group) is 1. The molecule has 1 aromatic carbocycles. The Bertz CT molecular complexity index is 423. The van der Waals surface area contributed by atoms with Crippen molar-refractivity contribution in [1.29, 1.82) is 0 Å². The molecule has 1 saturated heterocycles. The van der Waals surface area contributed by atoms with Crippen molar-refractivity contribution < 1.29 is 8.78 Å². The van der Waals surface area contributed by atoms with Gasteiger partial charge in [0.2, 0.25) is 0 Å². The summed E-state index contributed by atoms with van der Waals surface area (Å²) in [7, 11) is 4.10. The van der Waals surface area contributed by atoms with E-state index in [4.69, 9.17) is 0 Å². The summed E-state index contributed by atoms with van der Waals surface area (Å²) in [5.74, 6) is -0.853. The van der Waals surface area contributed by atoms with Gasteiger partial charge in [-0.05, 0) is 45.5 Å². The minimum atomic E-state index is -0.426. The molecule has 0 aromatic heterocycles. The number of benzene rings is 1. The number of hydrogen-bond acceptors (Lipinski definition) is 2. The number of rotatable bonds is 3. The van der Waals surface area contributed by atoms with Gasteiger partial charge in [0.15, 0.2) is 0 Å². The topological polar surface area (TPSA) is 6.48 Å². The second kappa shape index (κ2) is 8.32. The lowest BCUT2D eigenvalue weighted by atomic mass is 10.0. The van der Waals surface area contributed by atoms with Gasteiger partial charge < -0.3 is 9.80 Å². The maximum Gasteiger partial charge on any atom is 0.131 e. The van der Waals surface area contributed by atoms with Crippen LogP contribution in [0.3, 0.4) is 0 Å². The van der Waals surface area contributed by atoms with Crippen molar-refractivity contribution in [3.63, 3.8) is 0 Å². The fraction of sp³-hybridized carbons (Fsp3) is 0.647. The second-order valence-electron chi connectivity index (χ2n) is 5.45. The SMILES string of the molecule is CC.CCc1c(F)cc(N2CCCC(N(C)C)C2)cc1F. The first-order valence-corrected chi connectivity index (χ1v) is 7.92. The third kappa shape index (κ3) is 4.40. The van der Waals surface area contributed by atoms with Gasteiger partial charge in [-0.25, -0.2) is 8.78 Å². The van der Waals surface area contributed by atoms with Gasteiger partial charge in [-0.1, -0.05) is 20.8 Å². The van der Waals surface area contributed by atoms with E-state index in [0.29, 0.717) is 18.2 Å². The molecule has 1 aromatic rings. The van der Waals surface area contributed by atoms with E-state index in [1.807, 2.05) is 13.8 Å². The van der Waals surface area contributed by atoms with Gasteiger partial charge >= 0.3 is 0 Å². The summed E-state index contributed by atoms with van der Waals surface area (Å²) in [6, 6.07) is 3.39. The van der Waals surface area contributed by atoms with Crippen molar-refractivity contribution in [1.82, 2.24) is 4.90 Å². The van der Waals surface area contributed by atoms with Crippen LogP contribution < -0.4 is 4.90 Å². The first-order valence-electron chi connectivity index (χ1n) is 7.92. The summed E-state index contributed by atoms with van der Waals surface area (Å²) in [6.07, 6.45) is 2.58. The molecule has 4 heteroatoms. The highest BCUT2D eigenvalue weighted by molar-refractivity contribution is 5.49. The summed E-state index contributed by atoms with van der Waals surface area (Å²) >= 11 is 0. The van der Waals surface area contributed by atoms with E-state index < -0.39 is 11.6 Å². The molecule has 0 amide bonds. The fourth-order valence-electron chi connectivity index (χ4n) is 2.72. The van der Waals surface area contributed by atoms with Gasteiger partial charge in [0.05, 0.1) is 0 Å². The molecule has 0 aliphatic carbocycles. The first-order chi connectivity index (χ1) is 10.0. The van der Waals surface area contributed by atoms with Crippen molar-refractivity contribution in [3.05, 3.63) is 29.3 Å². The molecule has 21 heavy (non-hydrogen) atoms. The Hall–Kier alpha value is -1.16. The highest BCUT2D eigenvalue weighted by atomic mass is 19.1. The maximum absolute atomic E-state index is 13.8. The summed E-state index contributed by atoms with van der Waals surface area (Å²) in [6.45, 7) is 7.47. The van der Waals surface area contributed by atoms with Crippen LogP contribution in [0.15, 0.2) is 12.1 Å². The summed E-state index contributed by atoms with van der Waals surface area (Å²) < 4.78 is 27.7. The maximum atomic E-state index is 13.8. The molecule has 1 heterocycles. The number of nitrogens with zero attached hydrogens (tertiary/aromatic N) is 2. The largest absolute Gasteiger partial charge is 0.370 e. The molecular formula is C17H28F2N2. The van der Waals surface area contributed by atoms with Crippen LogP contribution in [0.25, 0.3) is 0 Å². The molecule has 1 unspecified atom stereocenters. The summed E-state index contributed by atoms with van der Waals surface area (Å²) in [5, 5.41) is 0. The van der Waals surface area contributed by atoms with Crippen LogP contribution in [0, 0.1) is 11.6 Å². The van der Waals surface area contributed by atoms with Crippen LogP contribution in [0.5, 0.6) is 0 Å². The predicted octanol–water partition coefficient (Wildman–Crippen LogP) is 4.08. The van der Waals surface area contributed by atoms with E-state index in [2.05, 4.69) is 23.9 Å². The zero-order valence-corrected chi connectivity index (χ0v) is 13.9. The molecule has 120 valence electrons. The lowest BCUT2D eigenvalue weighted by Crippen LogP contribution is -2.45. The van der Waals surface area contributed by atoms with E-state index in [0.717, 1.165) is 25.9 Å². The molecule has 1 atom stereocenters. The lowest BCUT2D eigenvalue weighted by molar-refractivity contribution is 0.258. The lowest BCUT2D eigenvalue weighted by Gasteiger charge is -2.37. The average Bonchev–Trinajstić information content (AvgIpc) is 2.49. The fourth-order valence-corrected chi connectivity index (χ4v) is 2.72. The third-order valence-corrected chi connectivity index (χ3v) is 3.97. The highest BCUT2D eigenvalue weighted by Gasteiger charge is 2.23. The Morgan fingerprint density at radius 1 is 1.19 bits per heavy atom. The predicted molar refractivity (Wildman–Crippen MR) is 86.0 cm³/mol. The Morgan fingerprint density at radius 3 is 2.24 bits per heavy atom. The summed E-state index contributed by atoms with van der Waals surface area (Å²) in [5.41, 5.74) is 0.851. The van der Waals surface area contributed by atoms with Gasteiger partial charge in [-0.3, -0.25) is 0 Å². The van der Waals surface area contributed by atoms with E-state index in [1.54, 1.807) is 6.92 Å². The molecule has 2 nitrogen and oxygen atoms in total. The summed E-state index contributed by atoms with van der Waals surface area (Å²) in [4.78, 5) is 4.26. The Balaban J connectivity index is 0.00000106. The van der Waals surface area contributed by atoms with Gasteiger partial charge in [-0.15, -0.1) is 0 Å². The molecule has 2 rings (SSSR count). The second-order valence-corrected chi connectivity index (χ2v) is 5.45. The molecule has 1 aliphatic rings. The van der Waals surface area contributed by atoms with E-state index in [1.165, 1.54) is 12.1 Å². The Labute approximate surface area is 127 Å². The van der Waals surface area contributed by atoms with Crippen LogP contribution in [0.2, 0.25) is 0 Å². The molecule has 1 aliphatic heterocycles. The van der Waals surface area contributed by atoms with Gasteiger partial charge in [0.1, 0.15) is 11.6 Å². The van der Waals surface area contributed by atoms with Gasteiger partial charge in [-0.2, -0.15) is 0 Å². The van der Waals surface area contributed by atoms with Crippen molar-refractivity contribution in [2.75, 3.05) is 32.1 Å². The molecular weight excluding hydrogens is 270 g/mol. The molecule has 0 saturated carbocycles. The molecule has 0 spiro atoms. The quantitative estimate of drug-likeness (QED) is 0.829. The van der Waals surface area contributed by atoms with E-state index in [-0.39, 0.29) is 5.56 Å². The van der Waals surface area contributed by atoms with Gasteiger partial charge in [0.25, 0.3) is 0 Å². The van der Waals surface area contributed by atoms with Crippen LogP contribution in [0.1, 0.15) is 39.2 Å². The molecule has 0 N–H and O–H groups in total. The van der Waals surface area contributed by atoms with Gasteiger partial charge in [0, 0.05) is 30.4 Å². The monoisotopic (exact) mass is 298 g/mol. The Kier molecular flexibility index (Phi) is 7.09. The van der Waals surface area contributed by atoms with Crippen LogP contribution in [-0.4, -0.2) is 38.1 Å². The Morgan fingerprint density at radius 2 is 1.76 bits per heavy atom. The zero-order chi connectivity index (χ0) is 16.0. The van der Waals surface area contributed by atoms with E-state index in [9.17, 15) is 8.78 Å². The minimum absolute atomic E-state index is 0.185. The van der Waals surface area contributed by atoms with E-state index >= 15 is 0 Å². The first kappa shape index (κ1) is 17.9. The van der Waals surface area contributed by atoms with Crippen molar-refractivity contribution in [2.24, 2.45) is 0 Å². The standard InChI is InChI=1S/C15H22F2N2.C2H6/c1-4-13-14(16)8-12(9-15(13)17)19-7-5-6-11(10-19)18(2)3;1-2/h8-9,11H,4-7,10H2,1-3H3;1-2H3. The molecule has 0 radical (unpaired) electrons.